The average Bonchev–Trinajstić information content (AvgIpc) is 3.02. The van der Waals surface area contributed by atoms with Crippen molar-refractivity contribution in [3.05, 3.63) is 33.6 Å². The lowest BCUT2D eigenvalue weighted by Gasteiger charge is -1.97. The van der Waals surface area contributed by atoms with Gasteiger partial charge >= 0.3 is 0 Å². The molecule has 1 saturated carbocycles. The number of allylic oxidation sites excluding steroid dienone is 2. The first-order chi connectivity index (χ1) is 9.33. The van der Waals surface area contributed by atoms with Crippen LogP contribution in [0, 0.1) is 17.8 Å². The zero-order valence-corrected chi connectivity index (χ0v) is 11.3. The average molecular weight is 253 g/mol. The molecule has 1 aromatic heterocycles. The van der Waals surface area contributed by atoms with Gasteiger partial charge in [-0.2, -0.15) is 0 Å². The Balaban J connectivity index is 2.17. The molecule has 0 spiro atoms. The van der Waals surface area contributed by atoms with Gasteiger partial charge in [0, 0.05) is 17.3 Å². The van der Waals surface area contributed by atoms with E-state index in [2.05, 4.69) is 30.9 Å². The maximum Gasteiger partial charge on any atom is 0.181 e. The van der Waals surface area contributed by atoms with Crippen LogP contribution in [0.4, 0.5) is 0 Å². The van der Waals surface area contributed by atoms with Gasteiger partial charge in [0.05, 0.1) is 0 Å². The van der Waals surface area contributed by atoms with E-state index in [4.69, 9.17) is 10.2 Å². The summed E-state index contributed by atoms with van der Waals surface area (Å²) in [7, 11) is 0. The Hall–Kier alpha value is -1.72. The zero-order valence-electron chi connectivity index (χ0n) is 11.3. The summed E-state index contributed by atoms with van der Waals surface area (Å²) in [6.07, 6.45) is 10.8. The fourth-order valence-electron chi connectivity index (χ4n) is 2.62. The predicted molar refractivity (Wildman–Crippen MR) is 77.6 cm³/mol. The van der Waals surface area contributed by atoms with Crippen molar-refractivity contribution < 1.29 is 4.42 Å². The maximum atomic E-state index is 5.91. The molecule has 1 heterocycles. The molecule has 2 aliphatic carbocycles. The van der Waals surface area contributed by atoms with Crippen molar-refractivity contribution in [2.75, 3.05) is 6.54 Å². The summed E-state index contributed by atoms with van der Waals surface area (Å²) < 4.78 is 5.91. The molecule has 0 aliphatic heterocycles. The second-order valence-electron chi connectivity index (χ2n) is 5.21. The first-order valence-corrected chi connectivity index (χ1v) is 7.06. The molecule has 19 heavy (non-hydrogen) atoms. The molecule has 1 aromatic rings. The Morgan fingerprint density at radius 1 is 1.42 bits per heavy atom. The molecule has 2 N–H and O–H groups in total. The van der Waals surface area contributed by atoms with Crippen LogP contribution in [0.1, 0.15) is 37.5 Å². The number of furan rings is 1. The third-order valence-corrected chi connectivity index (χ3v) is 3.76. The van der Waals surface area contributed by atoms with E-state index in [-0.39, 0.29) is 0 Å². The second-order valence-corrected chi connectivity index (χ2v) is 5.21. The fourth-order valence-corrected chi connectivity index (χ4v) is 2.62. The molecule has 1 fully saturated rings. The van der Waals surface area contributed by atoms with Gasteiger partial charge in [-0.3, -0.25) is 0 Å². The molecule has 0 saturated heterocycles. The molecular weight excluding hydrogens is 234 g/mol. The van der Waals surface area contributed by atoms with Crippen molar-refractivity contribution in [2.24, 2.45) is 11.7 Å². The van der Waals surface area contributed by atoms with Crippen LogP contribution < -0.4 is 16.4 Å². The van der Waals surface area contributed by atoms with E-state index in [0.717, 1.165) is 30.4 Å². The van der Waals surface area contributed by atoms with Crippen LogP contribution in [0.15, 0.2) is 16.1 Å². The lowest BCUT2D eigenvalue weighted by Crippen LogP contribution is -2.24. The lowest BCUT2D eigenvalue weighted by molar-refractivity contribution is 0.515. The standard InChI is InChI=1S/C17H19NO/c1-2-3-6-14-15-11-13-10-12(13)5-4-7-16(15)19-17(14)8-9-18/h5-6,8,13H,2-3,9-11,18H2,1H3/b12-5-,14-6-,17-8+. The fraction of sp³-hybridized carbons (Fsp3) is 0.412. The van der Waals surface area contributed by atoms with Gasteiger partial charge in [-0.05, 0) is 43.3 Å². The smallest absolute Gasteiger partial charge is 0.181 e. The molecule has 2 nitrogen and oxygen atoms in total. The topological polar surface area (TPSA) is 39.2 Å². The number of fused-ring (bicyclic) bond motifs is 2. The van der Waals surface area contributed by atoms with Gasteiger partial charge in [0.1, 0.15) is 5.42 Å². The summed E-state index contributed by atoms with van der Waals surface area (Å²) in [5.41, 5.74) is 9.32. The van der Waals surface area contributed by atoms with Crippen molar-refractivity contribution in [1.82, 2.24) is 0 Å². The summed E-state index contributed by atoms with van der Waals surface area (Å²) in [4.78, 5) is 0. The van der Waals surface area contributed by atoms with Crippen molar-refractivity contribution in [1.29, 1.82) is 0 Å². The van der Waals surface area contributed by atoms with Crippen LogP contribution >= 0.6 is 0 Å². The highest BCUT2D eigenvalue weighted by Crippen LogP contribution is 2.40. The van der Waals surface area contributed by atoms with E-state index < -0.39 is 0 Å². The third-order valence-electron chi connectivity index (χ3n) is 3.76. The molecule has 1 unspecified atom stereocenters. The van der Waals surface area contributed by atoms with E-state index in [1.54, 1.807) is 0 Å². The highest BCUT2D eigenvalue weighted by atomic mass is 16.3. The van der Waals surface area contributed by atoms with Gasteiger partial charge in [-0.15, -0.1) is 0 Å². The molecule has 98 valence electrons. The van der Waals surface area contributed by atoms with E-state index in [1.807, 2.05) is 6.08 Å². The molecular formula is C17H19NO. The SMILES string of the molecule is CCC/C=c1/c2c(o/c1=C/CN)C#C/C=C1/CC1C2. The Morgan fingerprint density at radius 3 is 3.11 bits per heavy atom. The Bertz CT molecular complexity index is 694. The van der Waals surface area contributed by atoms with Gasteiger partial charge in [0.2, 0.25) is 0 Å². The quantitative estimate of drug-likeness (QED) is 0.828. The van der Waals surface area contributed by atoms with Gasteiger partial charge in [0.15, 0.2) is 5.76 Å². The first-order valence-electron chi connectivity index (χ1n) is 7.06. The number of rotatable bonds is 3. The lowest BCUT2D eigenvalue weighted by atomic mass is 10.0. The molecule has 0 bridgehead atoms. The van der Waals surface area contributed by atoms with Crippen LogP contribution in [0.5, 0.6) is 0 Å². The summed E-state index contributed by atoms with van der Waals surface area (Å²) in [5.74, 6) is 7.78. The summed E-state index contributed by atoms with van der Waals surface area (Å²) in [6.45, 7) is 2.69. The molecule has 0 aromatic carbocycles. The van der Waals surface area contributed by atoms with Crippen LogP contribution in [-0.4, -0.2) is 6.54 Å². The van der Waals surface area contributed by atoms with Gasteiger partial charge in [0.25, 0.3) is 0 Å². The van der Waals surface area contributed by atoms with Crippen molar-refractivity contribution >= 4 is 12.2 Å². The summed E-state index contributed by atoms with van der Waals surface area (Å²) >= 11 is 0. The minimum Gasteiger partial charge on any atom is -0.448 e. The van der Waals surface area contributed by atoms with Crippen molar-refractivity contribution in [3.63, 3.8) is 0 Å². The minimum atomic E-state index is 0.500. The van der Waals surface area contributed by atoms with E-state index >= 15 is 0 Å². The normalized spacial score (nSPS) is 24.5. The number of hydrogen-bond acceptors (Lipinski definition) is 2. The second kappa shape index (κ2) is 5.11. The molecule has 2 aliphatic rings. The highest BCUT2D eigenvalue weighted by molar-refractivity contribution is 5.47. The van der Waals surface area contributed by atoms with E-state index in [1.165, 1.54) is 22.8 Å². The van der Waals surface area contributed by atoms with Crippen molar-refractivity contribution in [3.8, 4) is 11.8 Å². The van der Waals surface area contributed by atoms with Crippen LogP contribution in [-0.2, 0) is 6.42 Å². The molecule has 1 atom stereocenters. The monoisotopic (exact) mass is 253 g/mol. The Kier molecular flexibility index (Phi) is 3.31. The number of hydrogen-bond donors (Lipinski definition) is 1. The highest BCUT2D eigenvalue weighted by Gasteiger charge is 2.31. The Morgan fingerprint density at radius 2 is 2.32 bits per heavy atom. The molecule has 0 amide bonds. The Labute approximate surface area is 113 Å². The predicted octanol–water partition coefficient (Wildman–Crippen LogP) is 1.45. The molecule has 0 radical (unpaired) electrons. The maximum absolute atomic E-state index is 5.91. The van der Waals surface area contributed by atoms with Crippen molar-refractivity contribution in [2.45, 2.75) is 32.6 Å². The van der Waals surface area contributed by atoms with E-state index in [0.29, 0.717) is 12.5 Å². The molecule has 2 heteroatoms. The van der Waals surface area contributed by atoms with Gasteiger partial charge < -0.3 is 10.2 Å². The first kappa shape index (κ1) is 12.3. The van der Waals surface area contributed by atoms with E-state index in [9.17, 15) is 0 Å². The van der Waals surface area contributed by atoms with Gasteiger partial charge in [-0.1, -0.05) is 30.9 Å². The van der Waals surface area contributed by atoms with Crippen LogP contribution in [0.2, 0.25) is 0 Å². The van der Waals surface area contributed by atoms with Crippen LogP contribution in [0.25, 0.3) is 12.2 Å². The largest absolute Gasteiger partial charge is 0.448 e. The number of nitrogens with two attached hydrogens (primary N) is 1. The number of unbranched alkanes of at least 4 members (excludes halogenated alkanes) is 1. The minimum absolute atomic E-state index is 0.500. The van der Waals surface area contributed by atoms with Gasteiger partial charge in [-0.25, -0.2) is 0 Å². The molecule has 3 rings (SSSR count). The van der Waals surface area contributed by atoms with Crippen LogP contribution in [0.3, 0.4) is 0 Å². The third kappa shape index (κ3) is 2.39. The summed E-state index contributed by atoms with van der Waals surface area (Å²) in [5, 5.41) is 1.23. The zero-order chi connectivity index (χ0) is 13.2. The summed E-state index contributed by atoms with van der Waals surface area (Å²) in [6, 6.07) is 0.